The Morgan fingerprint density at radius 3 is 2.52 bits per heavy atom. The highest BCUT2D eigenvalue weighted by molar-refractivity contribution is 5.69. The number of amides is 1. The van der Waals surface area contributed by atoms with Gasteiger partial charge in [-0.2, -0.15) is 0 Å². The molecule has 1 amide bonds. The van der Waals surface area contributed by atoms with Crippen LogP contribution in [0.3, 0.4) is 0 Å². The van der Waals surface area contributed by atoms with Gasteiger partial charge in [0, 0.05) is 19.1 Å². The van der Waals surface area contributed by atoms with Gasteiger partial charge in [0.25, 0.3) is 0 Å². The SMILES string of the molecule is CCN(C[C@@H]1CCCCN1CC(=O)O)C(=O)OC(C)(C)C. The number of hydrogen-bond donors (Lipinski definition) is 1. The molecule has 1 aliphatic rings. The van der Waals surface area contributed by atoms with Gasteiger partial charge in [0.2, 0.25) is 0 Å². The zero-order valence-corrected chi connectivity index (χ0v) is 13.6. The van der Waals surface area contributed by atoms with Crippen molar-refractivity contribution in [1.82, 2.24) is 9.80 Å². The minimum Gasteiger partial charge on any atom is -0.480 e. The van der Waals surface area contributed by atoms with Gasteiger partial charge in [-0.05, 0) is 47.1 Å². The standard InChI is InChI=1S/C15H28N2O4/c1-5-16(14(20)21-15(2,3)4)10-12-8-6-7-9-17(12)11-13(18)19/h12H,5-11H2,1-4H3,(H,18,19)/t12-/m0/s1. The van der Waals surface area contributed by atoms with Crippen LogP contribution in [-0.2, 0) is 9.53 Å². The van der Waals surface area contributed by atoms with Crippen LogP contribution in [0.5, 0.6) is 0 Å². The molecule has 1 rings (SSSR count). The Balaban J connectivity index is 2.64. The summed E-state index contributed by atoms with van der Waals surface area (Å²) in [7, 11) is 0. The second kappa shape index (κ2) is 7.64. The molecule has 0 aliphatic carbocycles. The van der Waals surface area contributed by atoms with Gasteiger partial charge in [-0.3, -0.25) is 9.69 Å². The van der Waals surface area contributed by atoms with Crippen molar-refractivity contribution in [2.45, 2.75) is 58.6 Å². The molecule has 0 spiro atoms. The minimum absolute atomic E-state index is 0.0382. The summed E-state index contributed by atoms with van der Waals surface area (Å²) in [6.45, 7) is 9.35. The molecule has 0 bridgehead atoms. The highest BCUT2D eigenvalue weighted by Gasteiger charge is 2.29. The van der Waals surface area contributed by atoms with Crippen LogP contribution in [-0.4, -0.2) is 64.8 Å². The minimum atomic E-state index is -0.817. The Morgan fingerprint density at radius 1 is 1.33 bits per heavy atom. The number of rotatable bonds is 5. The summed E-state index contributed by atoms with van der Waals surface area (Å²) in [6, 6.07) is 0.0994. The largest absolute Gasteiger partial charge is 0.480 e. The molecule has 0 saturated carbocycles. The van der Waals surface area contributed by atoms with Crippen LogP contribution in [0.2, 0.25) is 0 Å². The molecule has 0 aromatic carbocycles. The number of likely N-dealkylation sites (tertiary alicyclic amines) is 1. The number of ether oxygens (including phenoxy) is 1. The average Bonchev–Trinajstić information content (AvgIpc) is 2.34. The first-order chi connectivity index (χ1) is 9.73. The van der Waals surface area contributed by atoms with Crippen LogP contribution in [0.25, 0.3) is 0 Å². The van der Waals surface area contributed by atoms with E-state index in [-0.39, 0.29) is 18.7 Å². The molecule has 1 atom stereocenters. The molecule has 122 valence electrons. The number of hydrogen-bond acceptors (Lipinski definition) is 4. The number of carboxylic acids is 1. The molecule has 0 aromatic heterocycles. The first-order valence-corrected chi connectivity index (χ1v) is 7.66. The van der Waals surface area contributed by atoms with Crippen LogP contribution in [0, 0.1) is 0 Å². The molecule has 1 aliphatic heterocycles. The lowest BCUT2D eigenvalue weighted by atomic mass is 10.0. The number of carbonyl (C=O) groups excluding carboxylic acids is 1. The van der Waals surface area contributed by atoms with E-state index in [0.29, 0.717) is 13.1 Å². The van der Waals surface area contributed by atoms with Crippen molar-refractivity contribution < 1.29 is 19.4 Å². The van der Waals surface area contributed by atoms with Crippen molar-refractivity contribution in [3.05, 3.63) is 0 Å². The van der Waals surface area contributed by atoms with Crippen molar-refractivity contribution in [3.63, 3.8) is 0 Å². The predicted octanol–water partition coefficient (Wildman–Crippen LogP) is 2.18. The Bertz CT molecular complexity index is 365. The van der Waals surface area contributed by atoms with Gasteiger partial charge in [0.15, 0.2) is 0 Å². The Labute approximate surface area is 127 Å². The van der Waals surface area contributed by atoms with Crippen LogP contribution < -0.4 is 0 Å². The summed E-state index contributed by atoms with van der Waals surface area (Å²) in [4.78, 5) is 26.7. The third-order valence-corrected chi connectivity index (χ3v) is 3.55. The number of carbonyl (C=O) groups is 2. The third kappa shape index (κ3) is 6.33. The smallest absolute Gasteiger partial charge is 0.410 e. The monoisotopic (exact) mass is 300 g/mol. The third-order valence-electron chi connectivity index (χ3n) is 3.55. The van der Waals surface area contributed by atoms with Gasteiger partial charge in [0.05, 0.1) is 6.54 Å². The maximum absolute atomic E-state index is 12.2. The van der Waals surface area contributed by atoms with E-state index in [2.05, 4.69) is 0 Å². The Hall–Kier alpha value is -1.30. The second-order valence-electron chi connectivity index (χ2n) is 6.53. The van der Waals surface area contributed by atoms with E-state index >= 15 is 0 Å². The lowest BCUT2D eigenvalue weighted by Gasteiger charge is -2.37. The molecular weight excluding hydrogens is 272 g/mol. The molecule has 1 N–H and O–H groups in total. The van der Waals surface area contributed by atoms with Crippen LogP contribution in [0.4, 0.5) is 4.79 Å². The highest BCUT2D eigenvalue weighted by Crippen LogP contribution is 2.19. The van der Waals surface area contributed by atoms with E-state index in [0.717, 1.165) is 25.8 Å². The van der Waals surface area contributed by atoms with Crippen LogP contribution in [0.15, 0.2) is 0 Å². The summed E-state index contributed by atoms with van der Waals surface area (Å²) in [5, 5.41) is 8.99. The van der Waals surface area contributed by atoms with Crippen molar-refractivity contribution in [1.29, 1.82) is 0 Å². The number of likely N-dealkylation sites (N-methyl/N-ethyl adjacent to an activating group) is 1. The quantitative estimate of drug-likeness (QED) is 0.842. The van der Waals surface area contributed by atoms with Gasteiger partial charge >= 0.3 is 12.1 Å². The summed E-state index contributed by atoms with van der Waals surface area (Å²) in [6.07, 6.45) is 2.69. The fraction of sp³-hybridized carbons (Fsp3) is 0.867. The maximum atomic E-state index is 12.2. The summed E-state index contributed by atoms with van der Waals surface area (Å²) in [5.41, 5.74) is -0.516. The summed E-state index contributed by atoms with van der Waals surface area (Å²) < 4.78 is 5.40. The van der Waals surface area contributed by atoms with Crippen LogP contribution in [0.1, 0.15) is 47.0 Å². The molecule has 0 unspecified atom stereocenters. The number of nitrogens with zero attached hydrogens (tertiary/aromatic N) is 2. The molecule has 6 heteroatoms. The van der Waals surface area contributed by atoms with Gasteiger partial charge in [-0.1, -0.05) is 6.42 Å². The van der Waals surface area contributed by atoms with E-state index in [1.165, 1.54) is 0 Å². The molecule has 0 radical (unpaired) electrons. The molecule has 1 fully saturated rings. The van der Waals surface area contributed by atoms with Gasteiger partial charge in [-0.15, -0.1) is 0 Å². The van der Waals surface area contributed by atoms with E-state index in [1.807, 2.05) is 32.6 Å². The fourth-order valence-corrected chi connectivity index (χ4v) is 2.56. The Kier molecular flexibility index (Phi) is 6.45. The zero-order chi connectivity index (χ0) is 16.0. The van der Waals surface area contributed by atoms with Crippen molar-refractivity contribution in [2.75, 3.05) is 26.2 Å². The van der Waals surface area contributed by atoms with Gasteiger partial charge < -0.3 is 14.7 Å². The molecule has 0 aromatic rings. The molecular formula is C15H28N2O4. The van der Waals surface area contributed by atoms with Gasteiger partial charge in [0.1, 0.15) is 5.60 Å². The molecule has 6 nitrogen and oxygen atoms in total. The summed E-state index contributed by atoms with van der Waals surface area (Å²) >= 11 is 0. The van der Waals surface area contributed by atoms with E-state index in [4.69, 9.17) is 9.84 Å². The highest BCUT2D eigenvalue weighted by atomic mass is 16.6. The average molecular weight is 300 g/mol. The lowest BCUT2D eigenvalue weighted by molar-refractivity contribution is -0.139. The molecule has 1 heterocycles. The first kappa shape index (κ1) is 17.8. The van der Waals surface area contributed by atoms with Crippen LogP contribution >= 0.6 is 0 Å². The zero-order valence-electron chi connectivity index (χ0n) is 13.6. The number of piperidine rings is 1. The Morgan fingerprint density at radius 2 is 2.00 bits per heavy atom. The van der Waals surface area contributed by atoms with E-state index in [1.54, 1.807) is 4.90 Å². The first-order valence-electron chi connectivity index (χ1n) is 7.66. The maximum Gasteiger partial charge on any atom is 0.410 e. The van der Waals surface area contributed by atoms with Gasteiger partial charge in [-0.25, -0.2) is 4.79 Å². The molecule has 21 heavy (non-hydrogen) atoms. The number of carboxylic acid groups (broad SMARTS) is 1. The van der Waals surface area contributed by atoms with E-state index in [9.17, 15) is 9.59 Å². The second-order valence-corrected chi connectivity index (χ2v) is 6.53. The van der Waals surface area contributed by atoms with Crippen molar-refractivity contribution in [3.8, 4) is 0 Å². The fourth-order valence-electron chi connectivity index (χ4n) is 2.56. The number of aliphatic carboxylic acids is 1. The lowest BCUT2D eigenvalue weighted by Crippen LogP contribution is -2.50. The van der Waals surface area contributed by atoms with Crippen molar-refractivity contribution in [2.24, 2.45) is 0 Å². The summed E-state index contributed by atoms with van der Waals surface area (Å²) in [5.74, 6) is -0.817. The topological polar surface area (TPSA) is 70.1 Å². The van der Waals surface area contributed by atoms with Crippen molar-refractivity contribution >= 4 is 12.1 Å². The normalized spacial score (nSPS) is 20.1. The van der Waals surface area contributed by atoms with E-state index < -0.39 is 11.6 Å². The predicted molar refractivity (Wildman–Crippen MR) is 80.3 cm³/mol. The molecule has 1 saturated heterocycles.